The average Bonchev–Trinajstić information content (AvgIpc) is 2.62. The van der Waals surface area contributed by atoms with Crippen molar-refractivity contribution in [3.8, 4) is 5.75 Å². The molecule has 7 heteroatoms. The molecule has 0 aliphatic heterocycles. The first-order valence-corrected chi connectivity index (χ1v) is 8.62. The third-order valence-corrected chi connectivity index (χ3v) is 3.67. The molecule has 27 heavy (non-hydrogen) atoms. The van der Waals surface area contributed by atoms with E-state index in [0.29, 0.717) is 12.3 Å². The zero-order valence-corrected chi connectivity index (χ0v) is 15.5. The van der Waals surface area contributed by atoms with Gasteiger partial charge in [-0.2, -0.15) is 0 Å². The zero-order chi connectivity index (χ0) is 19.6. The Morgan fingerprint density at radius 3 is 2.30 bits per heavy atom. The van der Waals surface area contributed by atoms with Crippen molar-refractivity contribution < 1.29 is 18.7 Å². The molecule has 0 aliphatic carbocycles. The Bertz CT molecular complexity index is 748. The summed E-state index contributed by atoms with van der Waals surface area (Å²) in [6.45, 7) is 2.77. The molecule has 0 bridgehead atoms. The molecule has 2 aromatic carbocycles. The smallest absolute Gasteiger partial charge is 0.238 e. The van der Waals surface area contributed by atoms with E-state index < -0.39 is 0 Å². The molecule has 0 fully saturated rings. The number of aryl methyl sites for hydroxylation is 1. The number of anilines is 1. The van der Waals surface area contributed by atoms with Crippen molar-refractivity contribution in [2.45, 2.75) is 6.92 Å². The van der Waals surface area contributed by atoms with Gasteiger partial charge in [0.1, 0.15) is 18.2 Å². The highest BCUT2D eigenvalue weighted by Crippen LogP contribution is 2.10. The maximum Gasteiger partial charge on any atom is 0.238 e. The summed E-state index contributed by atoms with van der Waals surface area (Å²) in [7, 11) is 1.70. The number of carbonyl (C=O) groups is 2. The topological polar surface area (TPSA) is 70.7 Å². The Morgan fingerprint density at radius 2 is 1.63 bits per heavy atom. The van der Waals surface area contributed by atoms with E-state index in [4.69, 9.17) is 4.74 Å². The summed E-state index contributed by atoms with van der Waals surface area (Å²) in [5.41, 5.74) is 1.84. The highest BCUT2D eigenvalue weighted by molar-refractivity contribution is 5.92. The lowest BCUT2D eigenvalue weighted by Crippen LogP contribution is -2.40. The fourth-order valence-corrected chi connectivity index (χ4v) is 2.33. The van der Waals surface area contributed by atoms with Crippen LogP contribution in [0.5, 0.6) is 5.75 Å². The van der Waals surface area contributed by atoms with Gasteiger partial charge in [-0.1, -0.05) is 17.7 Å². The Balaban J connectivity index is 1.62. The highest BCUT2D eigenvalue weighted by atomic mass is 19.1. The van der Waals surface area contributed by atoms with Gasteiger partial charge in [0.05, 0.1) is 19.6 Å². The van der Waals surface area contributed by atoms with Crippen LogP contribution in [0, 0.1) is 12.7 Å². The summed E-state index contributed by atoms with van der Waals surface area (Å²) >= 11 is 0. The molecular formula is C20H24FN3O3. The lowest BCUT2D eigenvalue weighted by molar-refractivity contribution is -0.123. The van der Waals surface area contributed by atoms with Gasteiger partial charge in [0.25, 0.3) is 0 Å². The van der Waals surface area contributed by atoms with E-state index in [-0.39, 0.29) is 37.3 Å². The molecule has 6 nitrogen and oxygen atoms in total. The third kappa shape index (κ3) is 7.87. The number of halogens is 1. The molecule has 0 saturated heterocycles. The first kappa shape index (κ1) is 20.4. The number of carbonyl (C=O) groups excluding carboxylic acids is 2. The van der Waals surface area contributed by atoms with Crippen molar-refractivity contribution >= 4 is 17.5 Å². The van der Waals surface area contributed by atoms with E-state index >= 15 is 0 Å². The van der Waals surface area contributed by atoms with Crippen LogP contribution in [0.25, 0.3) is 0 Å². The van der Waals surface area contributed by atoms with Crippen LogP contribution in [0.1, 0.15) is 5.56 Å². The van der Waals surface area contributed by atoms with E-state index in [9.17, 15) is 14.0 Å². The number of nitrogens with zero attached hydrogens (tertiary/aromatic N) is 1. The maximum atomic E-state index is 12.8. The zero-order valence-electron chi connectivity index (χ0n) is 15.5. The molecule has 2 amide bonds. The van der Waals surface area contributed by atoms with Crippen molar-refractivity contribution in [1.82, 2.24) is 10.2 Å². The third-order valence-electron chi connectivity index (χ3n) is 3.67. The van der Waals surface area contributed by atoms with Crippen LogP contribution in [-0.4, -0.2) is 50.0 Å². The number of hydrogen-bond donors (Lipinski definition) is 2. The standard InChI is InChI=1S/C20H24FN3O3/c1-15-3-7-17(8-4-15)23-20(26)14-24(2)13-19(25)22-11-12-27-18-9-5-16(21)6-10-18/h3-10H,11-14H2,1-2H3,(H,22,25)(H,23,26). The van der Waals surface area contributed by atoms with E-state index in [0.717, 1.165) is 11.3 Å². The Kier molecular flexibility index (Phi) is 7.76. The summed E-state index contributed by atoms with van der Waals surface area (Å²) in [6.07, 6.45) is 0. The molecule has 0 heterocycles. The van der Waals surface area contributed by atoms with E-state index in [1.165, 1.54) is 24.3 Å². The number of ether oxygens (including phenoxy) is 1. The quantitative estimate of drug-likeness (QED) is 0.661. The molecule has 0 saturated carbocycles. The second-order valence-electron chi connectivity index (χ2n) is 6.24. The summed E-state index contributed by atoms with van der Waals surface area (Å²) in [6, 6.07) is 13.2. The van der Waals surface area contributed by atoms with Crippen LogP contribution in [0.3, 0.4) is 0 Å². The Morgan fingerprint density at radius 1 is 1.00 bits per heavy atom. The van der Waals surface area contributed by atoms with Gasteiger partial charge < -0.3 is 15.4 Å². The van der Waals surface area contributed by atoms with Gasteiger partial charge in [0, 0.05) is 5.69 Å². The van der Waals surface area contributed by atoms with Crippen molar-refractivity contribution in [3.63, 3.8) is 0 Å². The maximum absolute atomic E-state index is 12.8. The van der Waals surface area contributed by atoms with E-state index in [1.54, 1.807) is 11.9 Å². The number of amides is 2. The van der Waals surface area contributed by atoms with Crippen molar-refractivity contribution in [2.24, 2.45) is 0 Å². The normalized spacial score (nSPS) is 10.5. The second kappa shape index (κ2) is 10.3. The SMILES string of the molecule is Cc1ccc(NC(=O)CN(C)CC(=O)NCCOc2ccc(F)cc2)cc1. The van der Waals surface area contributed by atoms with Crippen LogP contribution >= 0.6 is 0 Å². The van der Waals surface area contributed by atoms with Crippen molar-refractivity contribution in [3.05, 3.63) is 59.9 Å². The highest BCUT2D eigenvalue weighted by Gasteiger charge is 2.10. The lowest BCUT2D eigenvalue weighted by Gasteiger charge is -2.16. The predicted molar refractivity (Wildman–Crippen MR) is 102 cm³/mol. The van der Waals surface area contributed by atoms with Crippen LogP contribution < -0.4 is 15.4 Å². The number of hydrogen-bond acceptors (Lipinski definition) is 4. The monoisotopic (exact) mass is 373 g/mol. The molecule has 0 radical (unpaired) electrons. The number of benzene rings is 2. The number of nitrogens with one attached hydrogen (secondary N) is 2. The first-order chi connectivity index (χ1) is 12.9. The Labute approximate surface area is 158 Å². The molecule has 0 atom stereocenters. The van der Waals surface area contributed by atoms with Gasteiger partial charge in [0.15, 0.2) is 0 Å². The summed E-state index contributed by atoms with van der Waals surface area (Å²) < 4.78 is 18.2. The van der Waals surface area contributed by atoms with Crippen molar-refractivity contribution in [1.29, 1.82) is 0 Å². The van der Waals surface area contributed by atoms with Gasteiger partial charge in [-0.25, -0.2) is 4.39 Å². The minimum atomic E-state index is -0.329. The minimum Gasteiger partial charge on any atom is -0.492 e. The second-order valence-corrected chi connectivity index (χ2v) is 6.24. The predicted octanol–water partition coefficient (Wildman–Crippen LogP) is 2.20. The van der Waals surface area contributed by atoms with E-state index in [1.807, 2.05) is 31.2 Å². The average molecular weight is 373 g/mol. The summed E-state index contributed by atoms with van der Waals surface area (Å²) in [4.78, 5) is 25.5. The van der Waals surface area contributed by atoms with Crippen LogP contribution in [-0.2, 0) is 9.59 Å². The molecule has 0 aromatic heterocycles. The molecule has 0 unspecified atom stereocenters. The summed E-state index contributed by atoms with van der Waals surface area (Å²) in [5, 5.41) is 5.50. The van der Waals surface area contributed by atoms with Gasteiger partial charge in [-0.05, 0) is 50.4 Å². The van der Waals surface area contributed by atoms with Crippen molar-refractivity contribution in [2.75, 3.05) is 38.6 Å². The molecule has 0 spiro atoms. The number of likely N-dealkylation sites (N-methyl/N-ethyl adjacent to an activating group) is 1. The Hall–Kier alpha value is -2.93. The lowest BCUT2D eigenvalue weighted by atomic mass is 10.2. The van der Waals surface area contributed by atoms with E-state index in [2.05, 4.69) is 10.6 Å². The summed E-state index contributed by atoms with van der Waals surface area (Å²) in [5.74, 6) is -0.183. The molecule has 2 N–H and O–H groups in total. The minimum absolute atomic E-state index is 0.0951. The molecular weight excluding hydrogens is 349 g/mol. The fourth-order valence-electron chi connectivity index (χ4n) is 2.33. The van der Waals surface area contributed by atoms with Gasteiger partial charge in [-0.3, -0.25) is 14.5 Å². The van der Waals surface area contributed by atoms with Gasteiger partial charge >= 0.3 is 0 Å². The largest absolute Gasteiger partial charge is 0.492 e. The first-order valence-electron chi connectivity index (χ1n) is 8.62. The fraction of sp³-hybridized carbons (Fsp3) is 0.300. The molecule has 2 aromatic rings. The van der Waals surface area contributed by atoms with Crippen LogP contribution in [0.15, 0.2) is 48.5 Å². The number of rotatable bonds is 9. The van der Waals surface area contributed by atoms with Crippen LogP contribution in [0.4, 0.5) is 10.1 Å². The van der Waals surface area contributed by atoms with Gasteiger partial charge in [0.2, 0.25) is 11.8 Å². The molecule has 0 aliphatic rings. The molecule has 2 rings (SSSR count). The van der Waals surface area contributed by atoms with Gasteiger partial charge in [-0.15, -0.1) is 0 Å². The molecule has 144 valence electrons. The van der Waals surface area contributed by atoms with Crippen LogP contribution in [0.2, 0.25) is 0 Å².